The highest BCUT2D eigenvalue weighted by Gasteiger charge is 2.38. The summed E-state index contributed by atoms with van der Waals surface area (Å²) >= 11 is 6.49. The van der Waals surface area contributed by atoms with Crippen molar-refractivity contribution in [1.82, 2.24) is 5.43 Å². The van der Waals surface area contributed by atoms with E-state index in [1.54, 1.807) is 0 Å². The first-order valence-corrected chi connectivity index (χ1v) is 9.98. The van der Waals surface area contributed by atoms with Crippen LogP contribution in [-0.2, 0) is 4.79 Å². The number of carbonyl (C=O) groups excluding carboxylic acids is 1. The number of hydrogen-bond acceptors (Lipinski definition) is 4. The van der Waals surface area contributed by atoms with E-state index in [4.69, 9.17) is 16.9 Å². The normalized spacial score (nSPS) is 22.2. The molecule has 0 saturated carbocycles. The first kappa shape index (κ1) is 19.2. The number of nitriles is 1. The lowest BCUT2D eigenvalue weighted by molar-refractivity contribution is -0.120. The van der Waals surface area contributed by atoms with Gasteiger partial charge in [-0.2, -0.15) is 10.4 Å². The van der Waals surface area contributed by atoms with Gasteiger partial charge in [-0.15, -0.1) is 0 Å². The van der Waals surface area contributed by atoms with Crippen LogP contribution in [-0.4, -0.2) is 11.6 Å². The van der Waals surface area contributed by atoms with E-state index in [0.717, 1.165) is 28.3 Å². The summed E-state index contributed by atoms with van der Waals surface area (Å²) in [6.07, 6.45) is 5.31. The summed E-state index contributed by atoms with van der Waals surface area (Å²) in [5.41, 5.74) is 7.51. The van der Waals surface area contributed by atoms with Crippen LogP contribution < -0.4 is 10.7 Å². The van der Waals surface area contributed by atoms with E-state index in [0.29, 0.717) is 17.5 Å². The Morgan fingerprint density at radius 3 is 2.93 bits per heavy atom. The summed E-state index contributed by atoms with van der Waals surface area (Å²) in [4.78, 5) is 11.5. The third-order valence-electron chi connectivity index (χ3n) is 5.61. The molecule has 1 aliphatic carbocycles. The third-order valence-corrected chi connectivity index (χ3v) is 5.95. The van der Waals surface area contributed by atoms with Crippen molar-refractivity contribution in [3.63, 3.8) is 0 Å². The summed E-state index contributed by atoms with van der Waals surface area (Å²) in [5.74, 6) is 0.284. The maximum atomic E-state index is 11.5. The second-order valence-corrected chi connectivity index (χ2v) is 7.77. The number of fused-ring (bicyclic) bond motifs is 3. The van der Waals surface area contributed by atoms with Gasteiger partial charge in [-0.3, -0.25) is 4.79 Å². The van der Waals surface area contributed by atoms with Crippen LogP contribution in [0.1, 0.15) is 48.4 Å². The average molecular weight is 405 g/mol. The van der Waals surface area contributed by atoms with Crippen LogP contribution in [0.2, 0.25) is 5.02 Å². The molecule has 1 aliphatic heterocycles. The predicted molar refractivity (Wildman–Crippen MR) is 115 cm³/mol. The lowest BCUT2D eigenvalue weighted by atomic mass is 9.76. The minimum atomic E-state index is -0.409. The fourth-order valence-corrected chi connectivity index (χ4v) is 4.43. The van der Waals surface area contributed by atoms with Crippen molar-refractivity contribution in [2.45, 2.75) is 31.7 Å². The van der Waals surface area contributed by atoms with Gasteiger partial charge >= 0.3 is 0 Å². The molecule has 29 heavy (non-hydrogen) atoms. The van der Waals surface area contributed by atoms with Gasteiger partial charge in [-0.25, -0.2) is 5.43 Å². The Labute approximate surface area is 175 Å². The molecule has 3 atom stereocenters. The number of hydrogen-bond donors (Lipinski definition) is 2. The number of nitrogens with one attached hydrogen (secondary N) is 2. The molecular weight excluding hydrogens is 384 g/mol. The summed E-state index contributed by atoms with van der Waals surface area (Å²) < 4.78 is 0. The molecule has 1 amide bonds. The van der Waals surface area contributed by atoms with E-state index in [1.807, 2.05) is 37.3 Å². The molecule has 2 N–H and O–H groups in total. The van der Waals surface area contributed by atoms with Crippen molar-refractivity contribution in [3.8, 4) is 6.07 Å². The molecule has 0 bridgehead atoms. The van der Waals surface area contributed by atoms with E-state index in [-0.39, 0.29) is 12.5 Å². The zero-order valence-electron chi connectivity index (χ0n) is 16.0. The molecule has 0 fully saturated rings. The second-order valence-electron chi connectivity index (χ2n) is 7.37. The number of hydrazone groups is 1. The molecule has 2 aliphatic rings. The molecule has 1 heterocycles. The molecule has 4 rings (SSSR count). The van der Waals surface area contributed by atoms with Crippen molar-refractivity contribution in [2.75, 3.05) is 5.32 Å². The van der Waals surface area contributed by atoms with Gasteiger partial charge in [0, 0.05) is 16.6 Å². The fourth-order valence-electron chi connectivity index (χ4n) is 4.18. The van der Waals surface area contributed by atoms with E-state index in [9.17, 15) is 4.79 Å². The predicted octanol–water partition coefficient (Wildman–Crippen LogP) is 4.92. The van der Waals surface area contributed by atoms with Crippen molar-refractivity contribution >= 4 is 28.9 Å². The number of anilines is 1. The average Bonchev–Trinajstić information content (AvgIpc) is 3.22. The van der Waals surface area contributed by atoms with Crippen molar-refractivity contribution in [1.29, 1.82) is 5.26 Å². The minimum absolute atomic E-state index is 0.155. The van der Waals surface area contributed by atoms with Gasteiger partial charge in [0.05, 0.1) is 17.8 Å². The summed E-state index contributed by atoms with van der Waals surface area (Å²) in [5, 5.41) is 17.2. The summed E-state index contributed by atoms with van der Waals surface area (Å²) in [7, 11) is 0. The highest BCUT2D eigenvalue weighted by atomic mass is 35.5. The van der Waals surface area contributed by atoms with E-state index >= 15 is 0 Å². The number of carbonyl (C=O) groups is 1. The second kappa shape index (κ2) is 8.10. The van der Waals surface area contributed by atoms with Crippen LogP contribution in [0.3, 0.4) is 0 Å². The summed E-state index contributed by atoms with van der Waals surface area (Å²) in [6, 6.07) is 16.2. The minimum Gasteiger partial charge on any atom is -0.378 e. The van der Waals surface area contributed by atoms with Gasteiger partial charge in [0.25, 0.3) is 5.91 Å². The summed E-state index contributed by atoms with van der Waals surface area (Å²) in [6.45, 7) is 1.85. The topological polar surface area (TPSA) is 77.3 Å². The van der Waals surface area contributed by atoms with Crippen molar-refractivity contribution < 1.29 is 4.79 Å². The molecule has 5 nitrogen and oxygen atoms in total. The van der Waals surface area contributed by atoms with Gasteiger partial charge in [-0.05, 0) is 54.2 Å². The van der Waals surface area contributed by atoms with Crippen molar-refractivity contribution in [2.24, 2.45) is 11.0 Å². The molecule has 146 valence electrons. The molecule has 2 aromatic carbocycles. The van der Waals surface area contributed by atoms with E-state index in [2.05, 4.69) is 46.2 Å². The molecule has 0 spiro atoms. The van der Waals surface area contributed by atoms with Crippen LogP contribution in [0.15, 0.2) is 59.7 Å². The standard InChI is InChI=1S/C23H21ClN4O/c1-14(27-28-22(29)11-12-25)15-9-10-21-19(13-15)16-6-4-7-17(16)23(26-21)18-5-2-3-8-20(18)24/h2-6,8-10,13,16-17,23,26H,7,11H2,1H3,(H,28,29)/b27-14-/t16-,17-,23-/m1/s1. The van der Waals surface area contributed by atoms with Gasteiger partial charge in [0.2, 0.25) is 0 Å². The Morgan fingerprint density at radius 2 is 2.14 bits per heavy atom. The molecule has 0 saturated heterocycles. The Kier molecular flexibility index (Phi) is 5.37. The molecule has 2 aromatic rings. The van der Waals surface area contributed by atoms with Gasteiger partial charge in [0.15, 0.2) is 0 Å². The smallest absolute Gasteiger partial charge is 0.254 e. The highest BCUT2D eigenvalue weighted by molar-refractivity contribution is 6.31. The maximum Gasteiger partial charge on any atom is 0.254 e. The molecule has 0 aromatic heterocycles. The highest BCUT2D eigenvalue weighted by Crippen LogP contribution is 2.50. The van der Waals surface area contributed by atoms with Crippen LogP contribution in [0, 0.1) is 17.2 Å². The van der Waals surface area contributed by atoms with Gasteiger partial charge < -0.3 is 5.32 Å². The zero-order chi connectivity index (χ0) is 20.4. The Hall–Kier alpha value is -3.10. The zero-order valence-corrected chi connectivity index (χ0v) is 16.8. The number of amides is 1. The van der Waals surface area contributed by atoms with E-state index < -0.39 is 5.91 Å². The maximum absolute atomic E-state index is 11.5. The number of rotatable bonds is 4. The molecule has 0 radical (unpaired) electrons. The number of nitrogens with zero attached hydrogens (tertiary/aromatic N) is 2. The number of halogens is 1. The Balaban J connectivity index is 1.64. The SMILES string of the molecule is C/C(=N/NC(=O)CC#N)c1ccc2c(c1)[C@@H]1C=CC[C@H]1[C@H](c1ccccc1Cl)N2. The van der Waals surface area contributed by atoms with Gasteiger partial charge in [-0.1, -0.05) is 48.0 Å². The lowest BCUT2D eigenvalue weighted by Crippen LogP contribution is -2.29. The number of allylic oxidation sites excluding steroid dienone is 2. The van der Waals surface area contributed by atoms with Crippen LogP contribution >= 0.6 is 11.6 Å². The quantitative estimate of drug-likeness (QED) is 0.431. The van der Waals surface area contributed by atoms with Crippen LogP contribution in [0.25, 0.3) is 0 Å². The first-order valence-electron chi connectivity index (χ1n) is 9.60. The molecule has 0 unspecified atom stereocenters. The fraction of sp³-hybridized carbons (Fsp3) is 0.261. The number of benzene rings is 2. The van der Waals surface area contributed by atoms with Crippen LogP contribution in [0.5, 0.6) is 0 Å². The molecule has 6 heteroatoms. The van der Waals surface area contributed by atoms with E-state index in [1.165, 1.54) is 5.56 Å². The Morgan fingerprint density at radius 1 is 1.31 bits per heavy atom. The Bertz CT molecular complexity index is 1050. The largest absolute Gasteiger partial charge is 0.378 e. The van der Waals surface area contributed by atoms with Crippen LogP contribution in [0.4, 0.5) is 5.69 Å². The molecular formula is C23H21ClN4O. The van der Waals surface area contributed by atoms with Crippen molar-refractivity contribution in [3.05, 3.63) is 76.3 Å². The third kappa shape index (κ3) is 3.76. The van der Waals surface area contributed by atoms with Gasteiger partial charge in [0.1, 0.15) is 6.42 Å². The first-order chi connectivity index (χ1) is 14.1. The monoisotopic (exact) mass is 404 g/mol. The lowest BCUT2D eigenvalue weighted by Gasteiger charge is -2.38.